The average Bonchev–Trinajstić information content (AvgIpc) is 2.42. The second kappa shape index (κ2) is 6.44. The van der Waals surface area contributed by atoms with Crippen molar-refractivity contribution < 1.29 is 9.90 Å². The maximum Gasteiger partial charge on any atom is 0.251 e. The zero-order chi connectivity index (χ0) is 13.8. The van der Waals surface area contributed by atoms with Crippen LogP contribution in [-0.4, -0.2) is 29.4 Å². The first-order valence-corrected chi connectivity index (χ1v) is 7.96. The summed E-state index contributed by atoms with van der Waals surface area (Å²) >= 11 is 1.64. The molecule has 0 aliphatic heterocycles. The summed E-state index contributed by atoms with van der Waals surface area (Å²) in [5, 5.41) is 12.6. The molecule has 0 unspecified atom stereocenters. The highest BCUT2D eigenvalue weighted by molar-refractivity contribution is 7.98. The molecule has 3 nitrogen and oxygen atoms in total. The van der Waals surface area contributed by atoms with Gasteiger partial charge in [0.05, 0.1) is 6.10 Å². The number of aliphatic hydroxyl groups excluding tert-OH is 1. The molecule has 1 saturated carbocycles. The highest BCUT2D eigenvalue weighted by Crippen LogP contribution is 2.21. The van der Waals surface area contributed by atoms with Crippen molar-refractivity contribution in [3.8, 4) is 0 Å². The summed E-state index contributed by atoms with van der Waals surface area (Å²) < 4.78 is 0. The van der Waals surface area contributed by atoms with Crippen LogP contribution in [0.2, 0.25) is 0 Å². The Morgan fingerprint density at radius 1 is 1.32 bits per heavy atom. The number of carbonyl (C=O) groups is 1. The third-order valence-corrected chi connectivity index (χ3v) is 4.45. The van der Waals surface area contributed by atoms with Crippen LogP contribution in [0.1, 0.15) is 41.6 Å². The summed E-state index contributed by atoms with van der Waals surface area (Å²) in [6, 6.07) is 6.18. The van der Waals surface area contributed by atoms with E-state index in [0.717, 1.165) is 41.7 Å². The number of hydrogen-bond donors (Lipinski definition) is 2. The van der Waals surface area contributed by atoms with E-state index in [4.69, 9.17) is 0 Å². The van der Waals surface area contributed by atoms with Gasteiger partial charge in [-0.2, -0.15) is 0 Å². The van der Waals surface area contributed by atoms with Gasteiger partial charge in [0.15, 0.2) is 0 Å². The zero-order valence-corrected chi connectivity index (χ0v) is 12.3. The molecule has 0 spiro atoms. The van der Waals surface area contributed by atoms with E-state index in [2.05, 4.69) is 5.32 Å². The van der Waals surface area contributed by atoms with Gasteiger partial charge in [0.1, 0.15) is 0 Å². The first-order valence-electron chi connectivity index (χ1n) is 6.73. The van der Waals surface area contributed by atoms with Crippen molar-refractivity contribution in [3.63, 3.8) is 0 Å². The lowest BCUT2D eigenvalue weighted by Gasteiger charge is -2.26. The summed E-state index contributed by atoms with van der Waals surface area (Å²) in [5.74, 6) is 0.00906. The SMILES string of the molecule is CSc1ccc(C)c(C(=O)NC2CCC(O)CC2)c1. The van der Waals surface area contributed by atoms with Gasteiger partial charge in [-0.15, -0.1) is 11.8 Å². The topological polar surface area (TPSA) is 49.3 Å². The number of thioether (sulfide) groups is 1. The van der Waals surface area contributed by atoms with Crippen molar-refractivity contribution in [1.82, 2.24) is 5.32 Å². The molecule has 1 aliphatic rings. The summed E-state index contributed by atoms with van der Waals surface area (Å²) in [4.78, 5) is 13.4. The fourth-order valence-corrected chi connectivity index (χ4v) is 2.90. The molecule has 0 bridgehead atoms. The summed E-state index contributed by atoms with van der Waals surface area (Å²) in [6.45, 7) is 1.96. The molecule has 0 heterocycles. The third-order valence-electron chi connectivity index (χ3n) is 3.72. The average molecular weight is 279 g/mol. The van der Waals surface area contributed by atoms with E-state index in [1.165, 1.54) is 0 Å². The number of rotatable bonds is 3. The smallest absolute Gasteiger partial charge is 0.251 e. The number of hydrogen-bond acceptors (Lipinski definition) is 3. The van der Waals surface area contributed by atoms with Crippen LogP contribution in [0.4, 0.5) is 0 Å². The Bertz CT molecular complexity index is 453. The van der Waals surface area contributed by atoms with Gasteiger partial charge in [0, 0.05) is 16.5 Å². The largest absolute Gasteiger partial charge is 0.393 e. The predicted octanol–water partition coefficient (Wildman–Crippen LogP) is 2.75. The molecule has 19 heavy (non-hydrogen) atoms. The number of carbonyl (C=O) groups excluding carboxylic acids is 1. The van der Waals surface area contributed by atoms with Crippen LogP contribution in [0.3, 0.4) is 0 Å². The number of amides is 1. The van der Waals surface area contributed by atoms with Crippen LogP contribution in [0.5, 0.6) is 0 Å². The monoisotopic (exact) mass is 279 g/mol. The first-order chi connectivity index (χ1) is 9.10. The van der Waals surface area contributed by atoms with Crippen LogP contribution in [-0.2, 0) is 0 Å². The van der Waals surface area contributed by atoms with E-state index >= 15 is 0 Å². The molecule has 0 atom stereocenters. The Morgan fingerprint density at radius 3 is 2.63 bits per heavy atom. The number of benzene rings is 1. The quantitative estimate of drug-likeness (QED) is 0.836. The van der Waals surface area contributed by atoms with Gasteiger partial charge in [-0.3, -0.25) is 4.79 Å². The van der Waals surface area contributed by atoms with Crippen molar-refractivity contribution >= 4 is 17.7 Å². The highest BCUT2D eigenvalue weighted by Gasteiger charge is 2.21. The Balaban J connectivity index is 2.03. The molecule has 0 radical (unpaired) electrons. The molecule has 1 fully saturated rings. The third kappa shape index (κ3) is 3.74. The zero-order valence-electron chi connectivity index (χ0n) is 11.5. The van der Waals surface area contributed by atoms with Crippen molar-refractivity contribution in [2.24, 2.45) is 0 Å². The van der Waals surface area contributed by atoms with Gasteiger partial charge in [0.25, 0.3) is 5.91 Å². The Labute approximate surface area is 118 Å². The van der Waals surface area contributed by atoms with Crippen molar-refractivity contribution in [3.05, 3.63) is 29.3 Å². The molecular formula is C15H21NO2S. The van der Waals surface area contributed by atoms with E-state index in [1.807, 2.05) is 31.4 Å². The van der Waals surface area contributed by atoms with Gasteiger partial charge >= 0.3 is 0 Å². The molecule has 1 aromatic carbocycles. The molecule has 4 heteroatoms. The van der Waals surface area contributed by atoms with Crippen LogP contribution >= 0.6 is 11.8 Å². The molecule has 1 aromatic rings. The lowest BCUT2D eigenvalue weighted by atomic mass is 9.93. The van der Waals surface area contributed by atoms with Gasteiger partial charge < -0.3 is 10.4 Å². The van der Waals surface area contributed by atoms with Gasteiger partial charge in [0.2, 0.25) is 0 Å². The normalized spacial score (nSPS) is 23.1. The van der Waals surface area contributed by atoms with Gasteiger partial charge in [-0.25, -0.2) is 0 Å². The minimum absolute atomic E-state index is 0.00906. The summed E-state index contributed by atoms with van der Waals surface area (Å²) in [6.07, 6.45) is 5.13. The minimum Gasteiger partial charge on any atom is -0.393 e. The Hall–Kier alpha value is -1.00. The van der Waals surface area contributed by atoms with Gasteiger partial charge in [-0.1, -0.05) is 6.07 Å². The first kappa shape index (κ1) is 14.4. The highest BCUT2D eigenvalue weighted by atomic mass is 32.2. The fourth-order valence-electron chi connectivity index (χ4n) is 2.46. The molecule has 0 saturated heterocycles. The van der Waals surface area contributed by atoms with Crippen LogP contribution in [0.25, 0.3) is 0 Å². The maximum atomic E-state index is 12.3. The molecule has 1 aliphatic carbocycles. The van der Waals surface area contributed by atoms with Crippen molar-refractivity contribution in [2.45, 2.75) is 49.6 Å². The molecule has 1 amide bonds. The molecule has 0 aromatic heterocycles. The number of aryl methyl sites for hydroxylation is 1. The predicted molar refractivity (Wildman–Crippen MR) is 78.7 cm³/mol. The van der Waals surface area contributed by atoms with Crippen LogP contribution < -0.4 is 5.32 Å². The van der Waals surface area contributed by atoms with E-state index in [9.17, 15) is 9.90 Å². The summed E-state index contributed by atoms with van der Waals surface area (Å²) in [7, 11) is 0. The van der Waals surface area contributed by atoms with E-state index in [0.29, 0.717) is 0 Å². The Morgan fingerprint density at radius 2 is 2.00 bits per heavy atom. The van der Waals surface area contributed by atoms with E-state index in [-0.39, 0.29) is 18.1 Å². The molecule has 2 rings (SSSR count). The number of nitrogens with one attached hydrogen (secondary N) is 1. The molecular weight excluding hydrogens is 258 g/mol. The number of aliphatic hydroxyl groups is 1. The fraction of sp³-hybridized carbons (Fsp3) is 0.533. The Kier molecular flexibility index (Phi) is 4.88. The van der Waals surface area contributed by atoms with E-state index in [1.54, 1.807) is 11.8 Å². The molecule has 104 valence electrons. The molecule has 2 N–H and O–H groups in total. The summed E-state index contributed by atoms with van der Waals surface area (Å²) in [5.41, 5.74) is 1.77. The van der Waals surface area contributed by atoms with Crippen LogP contribution in [0.15, 0.2) is 23.1 Å². The lowest BCUT2D eigenvalue weighted by molar-refractivity contribution is 0.0867. The van der Waals surface area contributed by atoms with Crippen LogP contribution in [0, 0.1) is 6.92 Å². The minimum atomic E-state index is -0.185. The van der Waals surface area contributed by atoms with E-state index < -0.39 is 0 Å². The maximum absolute atomic E-state index is 12.3. The van der Waals surface area contributed by atoms with Crippen molar-refractivity contribution in [2.75, 3.05) is 6.26 Å². The van der Waals surface area contributed by atoms with Crippen molar-refractivity contribution in [1.29, 1.82) is 0 Å². The second-order valence-electron chi connectivity index (χ2n) is 5.16. The second-order valence-corrected chi connectivity index (χ2v) is 6.04. The standard InChI is InChI=1S/C15H21NO2S/c1-10-3-8-13(19-2)9-14(10)15(18)16-11-4-6-12(17)7-5-11/h3,8-9,11-12,17H,4-7H2,1-2H3,(H,16,18). The lowest BCUT2D eigenvalue weighted by Crippen LogP contribution is -2.38. The van der Waals surface area contributed by atoms with Gasteiger partial charge in [-0.05, 0) is 56.6 Å².